The summed E-state index contributed by atoms with van der Waals surface area (Å²) in [6, 6.07) is 6.86. The van der Waals surface area contributed by atoms with Crippen molar-refractivity contribution in [2.75, 3.05) is 0 Å². The van der Waals surface area contributed by atoms with Gasteiger partial charge in [-0.05, 0) is 56.1 Å². The van der Waals surface area contributed by atoms with Crippen LogP contribution in [0.1, 0.15) is 68.6 Å². The van der Waals surface area contributed by atoms with Crippen molar-refractivity contribution in [1.29, 1.82) is 0 Å². The maximum absolute atomic E-state index is 4.01. The van der Waals surface area contributed by atoms with Gasteiger partial charge >= 0.3 is 0 Å². The lowest BCUT2D eigenvalue weighted by Gasteiger charge is -2.31. The summed E-state index contributed by atoms with van der Waals surface area (Å²) < 4.78 is 0. The molecule has 1 aromatic rings. The quantitative estimate of drug-likeness (QED) is 0.506. The molecule has 0 bridgehead atoms. The molecule has 1 aliphatic carbocycles. The molecule has 0 N–H and O–H groups in total. The number of benzene rings is 1. The first-order valence-electron chi connectivity index (χ1n) is 8.80. The Bertz CT molecular complexity index is 429. The van der Waals surface area contributed by atoms with Crippen LogP contribution in [-0.2, 0) is 6.42 Å². The number of unbranched alkanes of at least 4 members (excludes halogenated alkanes) is 1. The van der Waals surface area contributed by atoms with Gasteiger partial charge in [-0.2, -0.15) is 0 Å². The van der Waals surface area contributed by atoms with Crippen molar-refractivity contribution in [3.63, 3.8) is 0 Å². The maximum atomic E-state index is 4.01. The van der Waals surface area contributed by atoms with E-state index in [4.69, 9.17) is 0 Å². The molecule has 0 nitrogen and oxygen atoms in total. The Balaban J connectivity index is 1.84. The van der Waals surface area contributed by atoms with E-state index in [1.54, 1.807) is 0 Å². The zero-order chi connectivity index (χ0) is 15.2. The molecule has 1 unspecified atom stereocenters. The summed E-state index contributed by atoms with van der Waals surface area (Å²) in [5.41, 5.74) is 4.37. The van der Waals surface area contributed by atoms with Gasteiger partial charge in [0.25, 0.3) is 0 Å². The molecule has 118 valence electrons. The Morgan fingerprint density at radius 1 is 1.14 bits per heavy atom. The van der Waals surface area contributed by atoms with Gasteiger partial charge in [0.2, 0.25) is 0 Å². The van der Waals surface area contributed by atoms with Gasteiger partial charge in [-0.25, -0.2) is 0 Å². The van der Waals surface area contributed by atoms with E-state index in [0.717, 1.165) is 11.8 Å². The average molecular weight is 351 g/mol. The second-order valence-corrected chi connectivity index (χ2v) is 8.25. The molecule has 2 rings (SSSR count). The lowest BCUT2D eigenvalue weighted by molar-refractivity contribution is 0.256. The Kier molecular flexibility index (Phi) is 6.79. The molecule has 1 heteroatoms. The predicted molar refractivity (Wildman–Crippen MR) is 97.3 cm³/mol. The molecular weight excluding hydrogens is 320 g/mol. The summed E-state index contributed by atoms with van der Waals surface area (Å²) in [4.78, 5) is 0.658. The minimum Gasteiger partial charge on any atom is -0.0884 e. The third kappa shape index (κ3) is 5.13. The van der Waals surface area contributed by atoms with Crippen LogP contribution in [0.2, 0.25) is 0 Å². The Morgan fingerprint density at radius 2 is 1.86 bits per heavy atom. The van der Waals surface area contributed by atoms with E-state index in [0.29, 0.717) is 4.83 Å². The zero-order valence-electron chi connectivity index (χ0n) is 14.0. The molecule has 0 aliphatic heterocycles. The SMILES string of the molecule is CCCCC1CCC(C(Br)Cc2cc(C)ccc2C)CC1. The van der Waals surface area contributed by atoms with Crippen LogP contribution in [0.3, 0.4) is 0 Å². The molecule has 0 spiro atoms. The standard InChI is InChI=1S/C20H31Br/c1-4-5-6-17-9-11-18(12-10-17)20(21)14-19-13-15(2)7-8-16(19)3/h7-8,13,17-18,20H,4-6,9-12,14H2,1-3H3. The highest BCUT2D eigenvalue weighted by Gasteiger charge is 2.26. The van der Waals surface area contributed by atoms with Gasteiger partial charge in [0.05, 0.1) is 0 Å². The van der Waals surface area contributed by atoms with Crippen molar-refractivity contribution in [1.82, 2.24) is 0 Å². The minimum atomic E-state index is 0.658. The Labute approximate surface area is 139 Å². The fraction of sp³-hybridized carbons (Fsp3) is 0.700. The summed E-state index contributed by atoms with van der Waals surface area (Å²) in [5.74, 6) is 1.89. The molecule has 0 heterocycles. The Hall–Kier alpha value is -0.300. The third-order valence-electron chi connectivity index (χ3n) is 5.29. The van der Waals surface area contributed by atoms with Gasteiger partial charge in [-0.15, -0.1) is 0 Å². The molecule has 1 fully saturated rings. The van der Waals surface area contributed by atoms with Crippen LogP contribution < -0.4 is 0 Å². The van der Waals surface area contributed by atoms with Crippen molar-refractivity contribution in [3.05, 3.63) is 34.9 Å². The van der Waals surface area contributed by atoms with Gasteiger partial charge in [0.1, 0.15) is 0 Å². The lowest BCUT2D eigenvalue weighted by Crippen LogP contribution is -2.23. The molecular formula is C20H31Br. The smallest absolute Gasteiger partial charge is 0.0214 e. The van der Waals surface area contributed by atoms with Gasteiger partial charge in [-0.3, -0.25) is 0 Å². The van der Waals surface area contributed by atoms with E-state index in [2.05, 4.69) is 54.9 Å². The monoisotopic (exact) mass is 350 g/mol. The molecule has 0 radical (unpaired) electrons. The number of hydrogen-bond acceptors (Lipinski definition) is 0. The normalized spacial score (nSPS) is 24.0. The zero-order valence-corrected chi connectivity index (χ0v) is 15.6. The molecule has 0 aromatic heterocycles. The number of halogens is 1. The maximum Gasteiger partial charge on any atom is 0.0214 e. The number of alkyl halides is 1. The van der Waals surface area contributed by atoms with E-state index in [9.17, 15) is 0 Å². The van der Waals surface area contributed by atoms with Crippen molar-refractivity contribution >= 4 is 15.9 Å². The highest BCUT2D eigenvalue weighted by molar-refractivity contribution is 9.09. The van der Waals surface area contributed by atoms with Crippen LogP contribution in [0.5, 0.6) is 0 Å². The molecule has 0 saturated heterocycles. The van der Waals surface area contributed by atoms with Crippen molar-refractivity contribution in [2.24, 2.45) is 11.8 Å². The van der Waals surface area contributed by atoms with Crippen molar-refractivity contribution < 1.29 is 0 Å². The van der Waals surface area contributed by atoms with E-state index in [-0.39, 0.29) is 0 Å². The van der Waals surface area contributed by atoms with Crippen LogP contribution in [-0.4, -0.2) is 4.83 Å². The number of aryl methyl sites for hydroxylation is 2. The summed E-state index contributed by atoms with van der Waals surface area (Å²) in [5, 5.41) is 0. The number of rotatable bonds is 6. The Morgan fingerprint density at radius 3 is 2.52 bits per heavy atom. The first-order valence-corrected chi connectivity index (χ1v) is 9.72. The van der Waals surface area contributed by atoms with Crippen LogP contribution >= 0.6 is 15.9 Å². The molecule has 1 aromatic carbocycles. The second-order valence-electron chi connectivity index (χ2n) is 7.07. The van der Waals surface area contributed by atoms with E-state index >= 15 is 0 Å². The van der Waals surface area contributed by atoms with Gasteiger partial charge in [0.15, 0.2) is 0 Å². The topological polar surface area (TPSA) is 0 Å². The fourth-order valence-corrected chi connectivity index (χ4v) is 4.61. The summed E-state index contributed by atoms with van der Waals surface area (Å²) in [6.45, 7) is 6.76. The number of hydrogen-bond donors (Lipinski definition) is 0. The van der Waals surface area contributed by atoms with E-state index < -0.39 is 0 Å². The first kappa shape index (κ1) is 17.1. The van der Waals surface area contributed by atoms with E-state index in [1.165, 1.54) is 68.1 Å². The molecule has 1 saturated carbocycles. The predicted octanol–water partition coefficient (Wildman–Crippen LogP) is 6.61. The largest absolute Gasteiger partial charge is 0.0884 e. The van der Waals surface area contributed by atoms with Crippen molar-refractivity contribution in [2.45, 2.75) is 77.0 Å². The van der Waals surface area contributed by atoms with Gasteiger partial charge in [-0.1, -0.05) is 78.7 Å². The van der Waals surface area contributed by atoms with E-state index in [1.807, 2.05) is 0 Å². The average Bonchev–Trinajstić information content (AvgIpc) is 2.49. The fourth-order valence-electron chi connectivity index (χ4n) is 3.73. The first-order chi connectivity index (χ1) is 10.1. The minimum absolute atomic E-state index is 0.658. The molecule has 0 amide bonds. The third-order valence-corrected chi connectivity index (χ3v) is 6.36. The van der Waals surface area contributed by atoms with Gasteiger partial charge in [0, 0.05) is 4.83 Å². The summed E-state index contributed by atoms with van der Waals surface area (Å²) >= 11 is 4.01. The van der Waals surface area contributed by atoms with Crippen LogP contribution in [0.25, 0.3) is 0 Å². The molecule has 21 heavy (non-hydrogen) atoms. The van der Waals surface area contributed by atoms with Crippen LogP contribution in [0, 0.1) is 25.7 Å². The summed E-state index contributed by atoms with van der Waals surface area (Å²) in [6.07, 6.45) is 11.2. The molecule has 1 aliphatic rings. The molecule has 1 atom stereocenters. The highest BCUT2D eigenvalue weighted by Crippen LogP contribution is 2.37. The van der Waals surface area contributed by atoms with Gasteiger partial charge < -0.3 is 0 Å². The second kappa shape index (κ2) is 8.36. The van der Waals surface area contributed by atoms with Crippen molar-refractivity contribution in [3.8, 4) is 0 Å². The van der Waals surface area contributed by atoms with Crippen LogP contribution in [0.15, 0.2) is 18.2 Å². The van der Waals surface area contributed by atoms with Crippen LogP contribution in [0.4, 0.5) is 0 Å². The highest BCUT2D eigenvalue weighted by atomic mass is 79.9. The lowest BCUT2D eigenvalue weighted by atomic mass is 9.77. The summed E-state index contributed by atoms with van der Waals surface area (Å²) in [7, 11) is 0.